The quantitative estimate of drug-likeness (QED) is 0.802. The van der Waals surface area contributed by atoms with Gasteiger partial charge in [0.05, 0.1) is 5.92 Å². The van der Waals surface area contributed by atoms with Crippen LogP contribution in [0.15, 0.2) is 0 Å². The van der Waals surface area contributed by atoms with E-state index in [2.05, 4.69) is 32.6 Å². The van der Waals surface area contributed by atoms with Crippen LogP contribution in [-0.2, 0) is 4.79 Å². The molecule has 1 aliphatic rings. The molecule has 16 heavy (non-hydrogen) atoms. The Bertz CT molecular complexity index is 248. The maximum atomic E-state index is 11.2. The van der Waals surface area contributed by atoms with Gasteiger partial charge in [-0.05, 0) is 52.1 Å². The summed E-state index contributed by atoms with van der Waals surface area (Å²) in [6, 6.07) is 0. The molecule has 94 valence electrons. The van der Waals surface area contributed by atoms with Gasteiger partial charge < -0.3 is 5.11 Å². The highest BCUT2D eigenvalue weighted by Gasteiger charge is 2.42. The highest BCUT2D eigenvalue weighted by molar-refractivity contribution is 5.71. The number of carbonyl (C=O) groups is 1. The van der Waals surface area contributed by atoms with Gasteiger partial charge in [0.1, 0.15) is 0 Å². The van der Waals surface area contributed by atoms with E-state index in [0.717, 1.165) is 32.4 Å². The van der Waals surface area contributed by atoms with E-state index >= 15 is 0 Å². The molecule has 0 amide bonds. The highest BCUT2D eigenvalue weighted by atomic mass is 16.4. The summed E-state index contributed by atoms with van der Waals surface area (Å²) in [4.78, 5) is 13.6. The van der Waals surface area contributed by atoms with Crippen LogP contribution in [0.3, 0.4) is 0 Å². The van der Waals surface area contributed by atoms with Gasteiger partial charge >= 0.3 is 5.97 Å². The molecule has 3 nitrogen and oxygen atoms in total. The van der Waals surface area contributed by atoms with Crippen molar-refractivity contribution in [1.29, 1.82) is 0 Å². The van der Waals surface area contributed by atoms with Crippen molar-refractivity contribution >= 4 is 5.97 Å². The number of hydrogen-bond donors (Lipinski definition) is 1. The second-order valence-corrected chi connectivity index (χ2v) is 5.86. The first kappa shape index (κ1) is 13.5. The zero-order valence-corrected chi connectivity index (χ0v) is 11.0. The molecule has 1 atom stereocenters. The molecule has 1 heterocycles. The lowest BCUT2D eigenvalue weighted by atomic mass is 9.79. The van der Waals surface area contributed by atoms with E-state index in [4.69, 9.17) is 0 Å². The van der Waals surface area contributed by atoms with Gasteiger partial charge in [-0.1, -0.05) is 13.8 Å². The topological polar surface area (TPSA) is 40.5 Å². The third-order valence-corrected chi connectivity index (χ3v) is 3.86. The van der Waals surface area contributed by atoms with Crippen LogP contribution in [0.25, 0.3) is 0 Å². The molecule has 0 radical (unpaired) electrons. The summed E-state index contributed by atoms with van der Waals surface area (Å²) in [6.45, 7) is 10.6. The van der Waals surface area contributed by atoms with Crippen molar-refractivity contribution in [3.05, 3.63) is 0 Å². The molecule has 0 bridgehead atoms. The van der Waals surface area contributed by atoms with Gasteiger partial charge in [-0.3, -0.25) is 9.69 Å². The summed E-state index contributed by atoms with van der Waals surface area (Å²) in [6.07, 6.45) is 2.98. The first-order chi connectivity index (χ1) is 7.35. The number of piperidine rings is 1. The lowest BCUT2D eigenvalue weighted by Gasteiger charge is -2.46. The van der Waals surface area contributed by atoms with Crippen molar-refractivity contribution < 1.29 is 9.90 Å². The van der Waals surface area contributed by atoms with Crippen LogP contribution in [0.4, 0.5) is 0 Å². The fourth-order valence-corrected chi connectivity index (χ4v) is 2.59. The van der Waals surface area contributed by atoms with E-state index < -0.39 is 5.97 Å². The summed E-state index contributed by atoms with van der Waals surface area (Å²) in [5.41, 5.74) is -0.195. The second-order valence-electron chi connectivity index (χ2n) is 5.86. The number of rotatable bonds is 4. The van der Waals surface area contributed by atoms with Crippen molar-refractivity contribution in [3.63, 3.8) is 0 Å². The van der Waals surface area contributed by atoms with Crippen molar-refractivity contribution in [3.8, 4) is 0 Å². The summed E-state index contributed by atoms with van der Waals surface area (Å²) >= 11 is 0. The lowest BCUT2D eigenvalue weighted by Crippen LogP contribution is -2.55. The van der Waals surface area contributed by atoms with Gasteiger partial charge in [-0.15, -0.1) is 0 Å². The van der Waals surface area contributed by atoms with Gasteiger partial charge in [-0.2, -0.15) is 0 Å². The molecule has 0 aromatic carbocycles. The fourth-order valence-electron chi connectivity index (χ4n) is 2.59. The van der Waals surface area contributed by atoms with Crippen LogP contribution in [0.5, 0.6) is 0 Å². The average molecular weight is 227 g/mol. The Hall–Kier alpha value is -0.570. The molecule has 1 aliphatic heterocycles. The van der Waals surface area contributed by atoms with E-state index in [9.17, 15) is 9.90 Å². The van der Waals surface area contributed by atoms with E-state index in [1.807, 2.05) is 0 Å². The Labute approximate surface area is 98.8 Å². The maximum absolute atomic E-state index is 11.2. The monoisotopic (exact) mass is 227 g/mol. The molecule has 1 N–H and O–H groups in total. The van der Waals surface area contributed by atoms with Crippen molar-refractivity contribution in [2.45, 2.75) is 52.5 Å². The Morgan fingerprint density at radius 1 is 1.50 bits per heavy atom. The minimum Gasteiger partial charge on any atom is -0.481 e. The van der Waals surface area contributed by atoms with Crippen molar-refractivity contribution in [2.75, 3.05) is 13.1 Å². The highest BCUT2D eigenvalue weighted by Crippen LogP contribution is 2.33. The molecule has 1 rings (SSSR count). The summed E-state index contributed by atoms with van der Waals surface area (Å²) in [5, 5.41) is 9.24. The largest absolute Gasteiger partial charge is 0.481 e. The van der Waals surface area contributed by atoms with Crippen LogP contribution in [-0.4, -0.2) is 34.6 Å². The minimum atomic E-state index is -0.640. The zero-order valence-electron chi connectivity index (χ0n) is 11.0. The van der Waals surface area contributed by atoms with Gasteiger partial charge in [-0.25, -0.2) is 0 Å². The Balaban J connectivity index is 2.66. The van der Waals surface area contributed by atoms with E-state index in [1.165, 1.54) is 0 Å². The number of hydrogen-bond acceptors (Lipinski definition) is 2. The third-order valence-electron chi connectivity index (χ3n) is 3.86. The van der Waals surface area contributed by atoms with Crippen LogP contribution < -0.4 is 0 Å². The van der Waals surface area contributed by atoms with E-state index in [-0.39, 0.29) is 11.5 Å². The van der Waals surface area contributed by atoms with Gasteiger partial charge in [0.2, 0.25) is 0 Å². The average Bonchev–Trinajstić information content (AvgIpc) is 2.14. The van der Waals surface area contributed by atoms with Crippen molar-refractivity contribution in [1.82, 2.24) is 4.90 Å². The van der Waals surface area contributed by atoms with Crippen LogP contribution in [0.1, 0.15) is 47.0 Å². The first-order valence-corrected chi connectivity index (χ1v) is 6.33. The molecule has 3 heteroatoms. The van der Waals surface area contributed by atoms with Crippen LogP contribution >= 0.6 is 0 Å². The third kappa shape index (κ3) is 2.97. The van der Waals surface area contributed by atoms with Gasteiger partial charge in [0, 0.05) is 5.54 Å². The molecule has 1 fully saturated rings. The summed E-state index contributed by atoms with van der Waals surface area (Å²) in [5.74, 6) is -0.173. The Morgan fingerprint density at radius 3 is 2.62 bits per heavy atom. The predicted molar refractivity (Wildman–Crippen MR) is 65.5 cm³/mol. The molecule has 0 aromatic rings. The van der Waals surface area contributed by atoms with Crippen molar-refractivity contribution in [2.24, 2.45) is 11.8 Å². The molecule has 1 unspecified atom stereocenters. The van der Waals surface area contributed by atoms with E-state index in [0.29, 0.717) is 5.92 Å². The first-order valence-electron chi connectivity index (χ1n) is 6.33. The molecular weight excluding hydrogens is 202 g/mol. The summed E-state index contributed by atoms with van der Waals surface area (Å²) in [7, 11) is 0. The summed E-state index contributed by atoms with van der Waals surface area (Å²) < 4.78 is 0. The molecular formula is C13H25NO2. The van der Waals surface area contributed by atoms with Crippen LogP contribution in [0, 0.1) is 11.8 Å². The molecule has 0 saturated carbocycles. The number of aliphatic carboxylic acids is 1. The number of likely N-dealkylation sites (tertiary alicyclic amines) is 1. The Morgan fingerprint density at radius 2 is 2.12 bits per heavy atom. The normalized spacial score (nSPS) is 25.9. The second kappa shape index (κ2) is 5.17. The molecule has 1 saturated heterocycles. The number of nitrogens with zero attached hydrogens (tertiary/aromatic N) is 1. The van der Waals surface area contributed by atoms with Crippen LogP contribution in [0.2, 0.25) is 0 Å². The predicted octanol–water partition coefficient (Wildman–Crippen LogP) is 2.61. The Kier molecular flexibility index (Phi) is 4.36. The fraction of sp³-hybridized carbons (Fsp3) is 0.923. The molecule has 0 spiro atoms. The lowest BCUT2D eigenvalue weighted by molar-refractivity contribution is -0.149. The van der Waals surface area contributed by atoms with E-state index in [1.54, 1.807) is 0 Å². The molecule has 0 aromatic heterocycles. The molecule has 0 aliphatic carbocycles. The zero-order chi connectivity index (χ0) is 12.3. The number of carboxylic acid groups (broad SMARTS) is 1. The van der Waals surface area contributed by atoms with Gasteiger partial charge in [0.25, 0.3) is 0 Å². The smallest absolute Gasteiger partial charge is 0.308 e. The maximum Gasteiger partial charge on any atom is 0.308 e. The standard InChI is InChI=1S/C13H25NO2/c1-10(2)7-9-14-8-5-6-11(12(15)16)13(14,3)4/h10-11H,5-9H2,1-4H3,(H,15,16). The minimum absolute atomic E-state index is 0.195. The number of carboxylic acids is 1. The van der Waals surface area contributed by atoms with Gasteiger partial charge in [0.15, 0.2) is 0 Å². The SMILES string of the molecule is CC(C)CCN1CCCC(C(=O)O)C1(C)C.